The van der Waals surface area contributed by atoms with E-state index in [4.69, 9.17) is 4.74 Å². The summed E-state index contributed by atoms with van der Waals surface area (Å²) in [6.07, 6.45) is 2.14. The Labute approximate surface area is 160 Å². The minimum absolute atomic E-state index is 0. The van der Waals surface area contributed by atoms with Gasteiger partial charge in [0, 0.05) is 58.8 Å². The molecule has 0 saturated carbocycles. The van der Waals surface area contributed by atoms with Crippen LogP contribution in [0.5, 0.6) is 0 Å². The average molecular weight is 389 g/mol. The molecular weight excluding hydrogens is 360 g/mol. The van der Waals surface area contributed by atoms with Crippen molar-refractivity contribution in [3.8, 4) is 0 Å². The normalized spacial score (nSPS) is 26.9. The van der Waals surface area contributed by atoms with Gasteiger partial charge in [-0.05, 0) is 12.8 Å². The summed E-state index contributed by atoms with van der Waals surface area (Å²) in [6.45, 7) is 4.72. The molecule has 1 N–H and O–H groups in total. The molecule has 3 aliphatic rings. The molecule has 2 unspecified atom stereocenters. The third-order valence-electron chi connectivity index (χ3n) is 5.40. The van der Waals surface area contributed by atoms with Crippen LogP contribution in [0.4, 0.5) is 0 Å². The Morgan fingerprint density at radius 2 is 2.04 bits per heavy atom. The van der Waals surface area contributed by atoms with Gasteiger partial charge in [0.15, 0.2) is 0 Å². The van der Waals surface area contributed by atoms with Crippen molar-refractivity contribution in [2.24, 2.45) is 5.92 Å². The Bertz CT molecular complexity index is 533. The maximum atomic E-state index is 12.9. The summed E-state index contributed by atoms with van der Waals surface area (Å²) < 4.78 is 5.02. The van der Waals surface area contributed by atoms with E-state index in [9.17, 15) is 14.4 Å². The van der Waals surface area contributed by atoms with Crippen molar-refractivity contribution in [2.75, 3.05) is 59.5 Å². The van der Waals surface area contributed by atoms with E-state index in [1.54, 1.807) is 12.0 Å². The fourth-order valence-electron chi connectivity index (χ4n) is 4.03. The number of piperidine rings is 1. The zero-order valence-corrected chi connectivity index (χ0v) is 16.1. The van der Waals surface area contributed by atoms with Crippen molar-refractivity contribution in [1.29, 1.82) is 0 Å². The van der Waals surface area contributed by atoms with Gasteiger partial charge in [0.1, 0.15) is 0 Å². The van der Waals surface area contributed by atoms with E-state index in [1.807, 2.05) is 9.80 Å². The van der Waals surface area contributed by atoms with E-state index in [2.05, 4.69) is 5.32 Å². The van der Waals surface area contributed by atoms with E-state index < -0.39 is 0 Å². The third kappa shape index (κ3) is 4.66. The Balaban J connectivity index is 0.00000243. The van der Waals surface area contributed by atoms with E-state index in [-0.39, 0.29) is 48.5 Å². The first kappa shape index (κ1) is 20.9. The minimum atomic E-state index is -0.262. The summed E-state index contributed by atoms with van der Waals surface area (Å²) in [6, 6.07) is 0.106. The number of nitrogens with zero attached hydrogens (tertiary/aromatic N) is 3. The van der Waals surface area contributed by atoms with Crippen LogP contribution in [0, 0.1) is 5.92 Å². The molecule has 2 atom stereocenters. The predicted octanol–water partition coefficient (Wildman–Crippen LogP) is -0.674. The largest absolute Gasteiger partial charge is 0.383 e. The molecule has 3 rings (SSSR count). The van der Waals surface area contributed by atoms with Crippen molar-refractivity contribution in [1.82, 2.24) is 20.0 Å². The fourth-order valence-corrected chi connectivity index (χ4v) is 4.03. The minimum Gasteiger partial charge on any atom is -0.383 e. The lowest BCUT2D eigenvalue weighted by Gasteiger charge is -2.41. The van der Waals surface area contributed by atoms with Gasteiger partial charge in [-0.3, -0.25) is 14.4 Å². The van der Waals surface area contributed by atoms with Crippen molar-refractivity contribution < 1.29 is 19.1 Å². The Morgan fingerprint density at radius 3 is 2.77 bits per heavy atom. The van der Waals surface area contributed by atoms with Crippen LogP contribution >= 0.6 is 12.4 Å². The van der Waals surface area contributed by atoms with Crippen LogP contribution in [0.1, 0.15) is 19.3 Å². The molecule has 3 amide bonds. The zero-order chi connectivity index (χ0) is 17.8. The average Bonchev–Trinajstić information content (AvgIpc) is 3.00. The Kier molecular flexibility index (Phi) is 7.67. The monoisotopic (exact) mass is 388 g/mol. The van der Waals surface area contributed by atoms with Crippen LogP contribution in [0.25, 0.3) is 0 Å². The molecule has 0 aromatic carbocycles. The number of rotatable bonds is 5. The van der Waals surface area contributed by atoms with E-state index >= 15 is 0 Å². The predicted molar refractivity (Wildman–Crippen MR) is 98.0 cm³/mol. The summed E-state index contributed by atoms with van der Waals surface area (Å²) in [5, 5.41) is 3.08. The number of nitrogens with one attached hydrogen (secondary N) is 1. The van der Waals surface area contributed by atoms with E-state index in [0.717, 1.165) is 25.9 Å². The lowest BCUT2D eigenvalue weighted by atomic mass is 10.00. The molecular formula is C17H29ClN4O4. The van der Waals surface area contributed by atoms with Gasteiger partial charge in [-0.15, -0.1) is 12.4 Å². The molecule has 0 aromatic rings. The fraction of sp³-hybridized carbons (Fsp3) is 0.824. The van der Waals surface area contributed by atoms with Crippen molar-refractivity contribution in [3.63, 3.8) is 0 Å². The second-order valence-electron chi connectivity index (χ2n) is 7.08. The number of piperazine rings is 1. The Hall–Kier alpha value is -1.38. The maximum absolute atomic E-state index is 12.9. The highest BCUT2D eigenvalue weighted by atomic mass is 35.5. The van der Waals surface area contributed by atoms with Gasteiger partial charge in [-0.25, -0.2) is 0 Å². The van der Waals surface area contributed by atoms with Gasteiger partial charge in [-0.1, -0.05) is 0 Å². The summed E-state index contributed by atoms with van der Waals surface area (Å²) in [4.78, 5) is 42.6. The number of methoxy groups -OCH3 is 1. The second kappa shape index (κ2) is 9.53. The second-order valence-corrected chi connectivity index (χ2v) is 7.08. The van der Waals surface area contributed by atoms with Gasteiger partial charge >= 0.3 is 0 Å². The lowest BCUT2D eigenvalue weighted by Crippen LogP contribution is -2.58. The molecule has 8 nitrogen and oxygen atoms in total. The molecule has 0 bridgehead atoms. The molecule has 0 radical (unpaired) electrons. The highest BCUT2D eigenvalue weighted by Gasteiger charge is 2.38. The van der Waals surface area contributed by atoms with Gasteiger partial charge in [0.2, 0.25) is 17.7 Å². The van der Waals surface area contributed by atoms with Crippen LogP contribution in [0.2, 0.25) is 0 Å². The molecule has 3 saturated heterocycles. The lowest BCUT2D eigenvalue weighted by molar-refractivity contribution is -0.142. The van der Waals surface area contributed by atoms with E-state index in [0.29, 0.717) is 39.3 Å². The molecule has 148 valence electrons. The first-order valence-corrected chi connectivity index (χ1v) is 9.16. The molecule has 0 aromatic heterocycles. The molecule has 9 heteroatoms. The molecule has 0 spiro atoms. The smallest absolute Gasteiger partial charge is 0.236 e. The first-order chi connectivity index (χ1) is 12.1. The van der Waals surface area contributed by atoms with Crippen molar-refractivity contribution >= 4 is 30.1 Å². The Morgan fingerprint density at radius 1 is 1.23 bits per heavy atom. The number of amides is 3. The molecule has 0 aliphatic carbocycles. The summed E-state index contributed by atoms with van der Waals surface area (Å²) in [7, 11) is 1.61. The highest BCUT2D eigenvalue weighted by molar-refractivity contribution is 5.89. The molecule has 3 heterocycles. The quantitative estimate of drug-likeness (QED) is 0.675. The SMILES string of the molecule is COCCN1CC(C(=O)N2CCCC(N3CCNCC3=O)C2)CC1=O.Cl. The zero-order valence-electron chi connectivity index (χ0n) is 15.3. The van der Waals surface area contributed by atoms with Crippen LogP contribution in [0.15, 0.2) is 0 Å². The standard InChI is InChI=1S/C17H28N4O4.ClH/c1-25-8-7-19-11-13(9-15(19)22)17(24)20-5-2-3-14(12-20)21-6-4-18-10-16(21)23;/h13-14,18H,2-12H2,1H3;1H. The topological polar surface area (TPSA) is 82.2 Å². The number of carbonyl (C=O) groups excluding carboxylic acids is 3. The summed E-state index contributed by atoms with van der Waals surface area (Å²) in [5.41, 5.74) is 0. The number of likely N-dealkylation sites (tertiary alicyclic amines) is 2. The summed E-state index contributed by atoms with van der Waals surface area (Å²) >= 11 is 0. The van der Waals surface area contributed by atoms with Crippen LogP contribution in [0.3, 0.4) is 0 Å². The van der Waals surface area contributed by atoms with Gasteiger partial charge in [0.25, 0.3) is 0 Å². The van der Waals surface area contributed by atoms with Gasteiger partial charge in [-0.2, -0.15) is 0 Å². The first-order valence-electron chi connectivity index (χ1n) is 9.16. The van der Waals surface area contributed by atoms with Gasteiger partial charge < -0.3 is 24.8 Å². The van der Waals surface area contributed by atoms with Crippen LogP contribution < -0.4 is 5.32 Å². The number of carbonyl (C=O) groups is 3. The molecule has 3 aliphatic heterocycles. The van der Waals surface area contributed by atoms with Crippen molar-refractivity contribution in [3.05, 3.63) is 0 Å². The van der Waals surface area contributed by atoms with Crippen LogP contribution in [-0.2, 0) is 19.1 Å². The number of ether oxygens (including phenoxy) is 1. The molecule has 26 heavy (non-hydrogen) atoms. The van der Waals surface area contributed by atoms with Gasteiger partial charge in [0.05, 0.1) is 19.1 Å². The highest BCUT2D eigenvalue weighted by Crippen LogP contribution is 2.24. The number of hydrogen-bond donors (Lipinski definition) is 1. The number of hydrogen-bond acceptors (Lipinski definition) is 5. The van der Waals surface area contributed by atoms with Crippen LogP contribution in [-0.4, -0.2) is 98.0 Å². The number of halogens is 1. The van der Waals surface area contributed by atoms with E-state index in [1.165, 1.54) is 0 Å². The molecule has 3 fully saturated rings. The summed E-state index contributed by atoms with van der Waals surface area (Å²) in [5.74, 6) is -0.0593. The van der Waals surface area contributed by atoms with Crippen molar-refractivity contribution in [2.45, 2.75) is 25.3 Å². The maximum Gasteiger partial charge on any atom is 0.236 e. The third-order valence-corrected chi connectivity index (χ3v) is 5.40.